The molecule has 0 aliphatic carbocycles. The van der Waals surface area contributed by atoms with Crippen molar-refractivity contribution < 1.29 is 81.9 Å². The normalized spacial score (nSPS) is 10.8. The van der Waals surface area contributed by atoms with E-state index in [1.165, 1.54) is 49.6 Å². The Labute approximate surface area is 702 Å². The molecule has 0 spiro atoms. The molecule has 2 amide bonds. The molecule has 3 aromatic heterocycles. The summed E-state index contributed by atoms with van der Waals surface area (Å²) in [6.07, 6.45) is 0. The first-order chi connectivity index (χ1) is 56.0. The Kier molecular flexibility index (Phi) is 36.2. The monoisotopic (exact) mass is 1600 g/mol. The van der Waals surface area contributed by atoms with Gasteiger partial charge in [0.1, 0.15) is 0 Å². The zero-order chi connectivity index (χ0) is 85.0. The number of nitrogens with two attached hydrogens (primary N) is 2. The van der Waals surface area contributed by atoms with Crippen molar-refractivity contribution >= 4 is 47.1 Å². The molecule has 2 unspecified atom stereocenters. The molecular weight excluding hydrogens is 1510 g/mol. The molecule has 119 heavy (non-hydrogen) atoms. The third kappa shape index (κ3) is 27.8. The number of nitrogens with zero attached hydrogens (tertiary/aromatic N) is 12. The Balaban J connectivity index is 0.000000227. The minimum absolute atomic E-state index is 0. The molecule has 2 atom stereocenters. The number of aryl methyl sites for hydroxylation is 8. The van der Waals surface area contributed by atoms with Crippen molar-refractivity contribution in [2.24, 2.45) is 5.73 Å². The predicted molar refractivity (Wildman–Crippen MR) is 451 cm³/mol. The number of ether oxygens (including phenoxy) is 5. The van der Waals surface area contributed by atoms with Crippen LogP contribution in [0.3, 0.4) is 0 Å². The Hall–Kier alpha value is -13.5. The van der Waals surface area contributed by atoms with E-state index in [1.54, 1.807) is 92.0 Å². The number of carbonyl (C=O) groups excluding carboxylic acids is 5. The first-order valence-electron chi connectivity index (χ1n) is 36.9. The quantitative estimate of drug-likeness (QED) is 0.0217. The van der Waals surface area contributed by atoms with Crippen LogP contribution in [0.1, 0.15) is 118 Å². The van der Waals surface area contributed by atoms with Crippen molar-refractivity contribution in [1.29, 1.82) is 0 Å². The number of hydrogen-bond donors (Lipinski definition) is 5. The molecule has 29 nitrogen and oxygen atoms in total. The minimum atomic E-state index is -0.985. The largest absolute Gasteiger partial charge is 1.00 e. The number of amides is 2. The van der Waals surface area contributed by atoms with Gasteiger partial charge in [0, 0.05) is 50.2 Å². The van der Waals surface area contributed by atoms with Crippen molar-refractivity contribution in [2.45, 2.75) is 88.2 Å². The fourth-order valence-corrected chi connectivity index (χ4v) is 11.6. The van der Waals surface area contributed by atoms with Crippen LogP contribution in [0.5, 0.6) is 0 Å². The van der Waals surface area contributed by atoms with Crippen LogP contribution in [0.4, 0.5) is 11.4 Å². The Morgan fingerprint density at radius 2 is 0.689 bits per heavy atom. The summed E-state index contributed by atoms with van der Waals surface area (Å²) in [5.74, 6) is -0.667. The molecule has 0 fully saturated rings. The number of carboxylic acid groups (broad SMARTS) is 1. The number of esters is 3. The van der Waals surface area contributed by atoms with Crippen LogP contribution >= 0.6 is 0 Å². The summed E-state index contributed by atoms with van der Waals surface area (Å²) in [6, 6.07) is 66.9. The number of benzene rings is 10. The van der Waals surface area contributed by atoms with Gasteiger partial charge in [0.25, 0.3) is 5.91 Å². The number of nitrogens with one attached hydrogen (secondary N) is 2. The summed E-state index contributed by atoms with van der Waals surface area (Å²) in [6.45, 7) is 21.8. The van der Waals surface area contributed by atoms with E-state index in [0.29, 0.717) is 75.7 Å². The van der Waals surface area contributed by atoms with E-state index in [9.17, 15) is 33.9 Å². The molecule has 0 bridgehead atoms. The number of anilines is 2. The molecular formula is C89H97LiN16O13. The fourth-order valence-electron chi connectivity index (χ4n) is 11.6. The molecule has 13 rings (SSSR count). The molecule has 3 heterocycles. The number of methoxy groups -OCH3 is 5. The zero-order valence-electron chi connectivity index (χ0n) is 69.7. The second-order valence-corrected chi connectivity index (χ2v) is 27.4. The van der Waals surface area contributed by atoms with Crippen LogP contribution in [0.2, 0.25) is 0 Å². The first-order valence-corrected chi connectivity index (χ1v) is 36.9. The van der Waals surface area contributed by atoms with Gasteiger partial charge in [-0.25, -0.2) is 19.2 Å². The van der Waals surface area contributed by atoms with E-state index in [1.807, 2.05) is 213 Å². The van der Waals surface area contributed by atoms with Gasteiger partial charge in [0.2, 0.25) is 5.91 Å². The predicted octanol–water partition coefficient (Wildman–Crippen LogP) is 11.3. The van der Waals surface area contributed by atoms with Crippen molar-refractivity contribution in [1.82, 2.24) is 65.9 Å². The van der Waals surface area contributed by atoms with Gasteiger partial charge in [-0.05, 0) is 247 Å². The SMILES string of the molecule is COC(=O)c1cc(-c2ccc(C)cc2)cc(-n2nnnc2C)c1.COC(=O)c1cc(N)cc(-c2ccc(C)cc2)c1.COC(=O)c1cc(NC(C)=O)cc(-c2ccc(C)cc2)c1.COCC(C)N.COCC(C)NC(=O)c1cc(-c2ccc(C)cc2)cc(-n2nnnc2C)c1.Cc1ccc(-c2cc(C(=O)O)cc(-n3nnnc3C)c2)cc1.[Li+].[OH-]. The van der Waals surface area contributed by atoms with Gasteiger partial charge in [0.05, 0.1) is 73.9 Å². The van der Waals surface area contributed by atoms with Gasteiger partial charge in [0.15, 0.2) is 17.5 Å². The molecule has 30 heteroatoms. The van der Waals surface area contributed by atoms with Crippen LogP contribution in [-0.2, 0) is 28.5 Å². The average Bonchev–Trinajstić information content (AvgIpc) is 1.77. The van der Waals surface area contributed by atoms with Gasteiger partial charge in [-0.1, -0.05) is 149 Å². The maximum absolute atomic E-state index is 12.7. The van der Waals surface area contributed by atoms with Crippen molar-refractivity contribution in [3.63, 3.8) is 0 Å². The fraction of sp³-hybridized carbons (Fsp3) is 0.225. The molecule has 0 aliphatic heterocycles. The molecule has 13 aromatic rings. The van der Waals surface area contributed by atoms with Gasteiger partial charge in [-0.15, -0.1) is 15.3 Å². The second-order valence-electron chi connectivity index (χ2n) is 27.4. The van der Waals surface area contributed by atoms with Gasteiger partial charge in [-0.2, -0.15) is 14.0 Å². The molecule has 0 radical (unpaired) electrons. The summed E-state index contributed by atoms with van der Waals surface area (Å²) in [4.78, 5) is 70.6. The summed E-state index contributed by atoms with van der Waals surface area (Å²) >= 11 is 0. The van der Waals surface area contributed by atoms with Gasteiger partial charge >= 0.3 is 42.7 Å². The third-order valence-corrected chi connectivity index (χ3v) is 17.5. The summed E-state index contributed by atoms with van der Waals surface area (Å²) < 4.78 is 28.8. The van der Waals surface area contributed by atoms with Crippen LogP contribution in [-0.4, -0.2) is 168 Å². The number of rotatable bonds is 19. The number of carbonyl (C=O) groups is 6. The number of tetrazole rings is 3. The molecule has 0 saturated heterocycles. The van der Waals surface area contributed by atoms with Crippen molar-refractivity contribution in [3.05, 3.63) is 285 Å². The molecule has 10 aromatic carbocycles. The maximum Gasteiger partial charge on any atom is 1.00 e. The molecule has 612 valence electrons. The second kappa shape index (κ2) is 45.7. The smallest absolute Gasteiger partial charge is 0.870 e. The summed E-state index contributed by atoms with van der Waals surface area (Å²) in [7, 11) is 7.31. The Bertz CT molecular complexity index is 5540. The topological polar surface area (TPSA) is 406 Å². The minimum Gasteiger partial charge on any atom is -0.870 e. The van der Waals surface area contributed by atoms with Crippen LogP contribution in [0.15, 0.2) is 212 Å². The van der Waals surface area contributed by atoms with Gasteiger partial charge in [-0.3, -0.25) is 9.59 Å². The average molecular weight is 1610 g/mol. The van der Waals surface area contributed by atoms with Crippen LogP contribution in [0, 0.1) is 55.4 Å². The Morgan fingerprint density at radius 1 is 0.395 bits per heavy atom. The first kappa shape index (κ1) is 94.3. The van der Waals surface area contributed by atoms with E-state index in [-0.39, 0.29) is 59.8 Å². The maximum atomic E-state index is 12.7. The molecule has 0 aliphatic rings. The van der Waals surface area contributed by atoms with E-state index < -0.39 is 17.9 Å². The summed E-state index contributed by atoms with van der Waals surface area (Å²) in [5, 5.41) is 49.5. The van der Waals surface area contributed by atoms with E-state index in [2.05, 4.69) is 61.9 Å². The number of aromatic carboxylic acids is 1. The Morgan fingerprint density at radius 3 is 0.983 bits per heavy atom. The number of carboxylic acids is 1. The van der Waals surface area contributed by atoms with Crippen molar-refractivity contribution in [3.8, 4) is 72.7 Å². The number of nitrogen functional groups attached to an aromatic ring is 1. The zero-order valence-corrected chi connectivity index (χ0v) is 69.7. The standard InChI is InChI=1S/C20H23N5O2.C17H16N4O2.C17H17NO3.C16H14N4O2.C15H15NO2.C4H11NO.Li.H2O/c1-13-5-7-16(8-6-13)17-9-18(20(26)21-14(2)12-27-4)11-19(10-17)25-15(3)22-23-24-25;1-11-4-6-13(7-5-11)14-8-15(17(22)23-3)10-16(9-14)21-12(2)18-19-20-21;1-11-4-6-13(7-5-11)14-8-15(17(20)21-3)10-16(9-14)18-12(2)19;1-10-3-5-12(6-4-10)13-7-14(16(21)22)9-15(8-13)20-11(2)17-18-19-20;1-10-3-5-11(6-4-10)12-7-13(15(17)18-2)9-14(16)8-12;1-4(5)3-6-2;;/h5-11,14H,12H2,1-4H3,(H,21,26);4-10H,1-3H3;4-10H,1-3H3,(H,18,19);3-9H,1-2H3,(H,21,22);3-9H,16H2,1-2H3;4H,3,5H2,1-2H3;;1H2/q;;;;;;+1;/p-1. The molecule has 0 saturated carbocycles. The van der Waals surface area contributed by atoms with E-state index in [0.717, 1.165) is 72.4 Å². The van der Waals surface area contributed by atoms with E-state index in [4.69, 9.17) is 30.4 Å². The van der Waals surface area contributed by atoms with E-state index >= 15 is 0 Å². The van der Waals surface area contributed by atoms with Crippen LogP contribution in [0.25, 0.3) is 72.7 Å². The summed E-state index contributed by atoms with van der Waals surface area (Å²) in [5.41, 5.74) is 31.6. The molecule has 8 N–H and O–H groups in total. The number of aromatic nitrogens is 12. The number of hydrogen-bond acceptors (Lipinski definition) is 23. The third-order valence-electron chi connectivity index (χ3n) is 17.5. The van der Waals surface area contributed by atoms with Crippen LogP contribution < -0.4 is 41.0 Å². The van der Waals surface area contributed by atoms with Crippen molar-refractivity contribution in [2.75, 3.05) is 59.8 Å². The van der Waals surface area contributed by atoms with Gasteiger partial charge < -0.3 is 56.4 Å².